The number of alkyl halides is 6. The molecule has 0 aromatic heterocycles. The van der Waals surface area contributed by atoms with Gasteiger partial charge in [0.05, 0.1) is 5.56 Å². The highest BCUT2D eigenvalue weighted by Gasteiger charge is 2.33. The number of nitrogens with one attached hydrogen (secondary N) is 2. The van der Waals surface area contributed by atoms with Gasteiger partial charge < -0.3 is 10.1 Å². The second-order valence-electron chi connectivity index (χ2n) is 8.65. The van der Waals surface area contributed by atoms with Crippen LogP contribution in [0.15, 0.2) is 66.7 Å². The van der Waals surface area contributed by atoms with E-state index in [2.05, 4.69) is 15.4 Å². The lowest BCUT2D eigenvalue weighted by Crippen LogP contribution is -2.38. The van der Waals surface area contributed by atoms with E-state index in [4.69, 9.17) is 0 Å². The first-order valence-corrected chi connectivity index (χ1v) is 11.5. The van der Waals surface area contributed by atoms with E-state index in [0.29, 0.717) is 11.1 Å². The number of amides is 1. The Hall–Kier alpha value is -3.60. The molecule has 0 bridgehead atoms. The fraction of sp³-hybridized carbons (Fsp3) is 0.296. The van der Waals surface area contributed by atoms with Crippen molar-refractivity contribution in [3.05, 3.63) is 100 Å². The number of halogens is 7. The summed E-state index contributed by atoms with van der Waals surface area (Å²) in [4.78, 5) is 12.8. The molecule has 3 rings (SSSR count). The summed E-state index contributed by atoms with van der Waals surface area (Å²) in [6.45, 7) is 1.86. The summed E-state index contributed by atoms with van der Waals surface area (Å²) >= 11 is 0. The van der Waals surface area contributed by atoms with E-state index in [0.717, 1.165) is 29.8 Å². The van der Waals surface area contributed by atoms with Crippen molar-refractivity contribution in [2.75, 3.05) is 7.05 Å². The van der Waals surface area contributed by atoms with Crippen molar-refractivity contribution in [1.82, 2.24) is 10.6 Å². The molecule has 0 aliphatic rings. The molecule has 0 radical (unpaired) electrons. The Kier molecular flexibility index (Phi) is 9.03. The topological polar surface area (TPSA) is 50.4 Å². The average molecular weight is 542 g/mol. The van der Waals surface area contributed by atoms with E-state index in [9.17, 15) is 35.5 Å². The van der Waals surface area contributed by atoms with Gasteiger partial charge in [-0.3, -0.25) is 10.1 Å². The van der Waals surface area contributed by atoms with Gasteiger partial charge in [-0.15, -0.1) is 13.2 Å². The van der Waals surface area contributed by atoms with Crippen molar-refractivity contribution >= 4 is 5.91 Å². The van der Waals surface area contributed by atoms with E-state index < -0.39 is 47.7 Å². The molecule has 204 valence electrons. The fourth-order valence-electron chi connectivity index (χ4n) is 3.88. The molecule has 1 unspecified atom stereocenters. The summed E-state index contributed by atoms with van der Waals surface area (Å²) in [7, 11) is 1.43. The van der Waals surface area contributed by atoms with Gasteiger partial charge in [0, 0.05) is 13.1 Å². The van der Waals surface area contributed by atoms with Crippen LogP contribution in [0.4, 0.5) is 30.7 Å². The molecule has 0 fully saturated rings. The number of benzene rings is 3. The normalized spacial score (nSPS) is 13.6. The number of hydrogen-bond donors (Lipinski definition) is 2. The molecule has 0 saturated carbocycles. The molecular weight excluding hydrogens is 517 g/mol. The third-order valence-electron chi connectivity index (χ3n) is 5.87. The Balaban J connectivity index is 1.95. The van der Waals surface area contributed by atoms with E-state index >= 15 is 0 Å². The number of carbonyl (C=O) groups excluding carboxylic acids is 1. The van der Waals surface area contributed by atoms with Crippen molar-refractivity contribution in [1.29, 1.82) is 0 Å². The summed E-state index contributed by atoms with van der Waals surface area (Å²) < 4.78 is 95.1. The highest BCUT2D eigenvalue weighted by atomic mass is 19.4. The van der Waals surface area contributed by atoms with Gasteiger partial charge in [-0.2, -0.15) is 13.2 Å². The smallest absolute Gasteiger partial charge is 0.403 e. The van der Waals surface area contributed by atoms with Crippen LogP contribution in [-0.4, -0.2) is 19.3 Å². The van der Waals surface area contributed by atoms with Crippen LogP contribution < -0.4 is 15.4 Å². The summed E-state index contributed by atoms with van der Waals surface area (Å²) in [6, 6.07) is 12.7. The van der Waals surface area contributed by atoms with Crippen LogP contribution in [0.2, 0.25) is 0 Å². The highest BCUT2D eigenvalue weighted by Crippen LogP contribution is 2.33. The Morgan fingerprint density at radius 2 is 1.50 bits per heavy atom. The predicted molar refractivity (Wildman–Crippen MR) is 127 cm³/mol. The van der Waals surface area contributed by atoms with Crippen molar-refractivity contribution in [2.45, 2.75) is 44.4 Å². The summed E-state index contributed by atoms with van der Waals surface area (Å²) in [5, 5.41) is 5.66. The van der Waals surface area contributed by atoms with Gasteiger partial charge in [-0.05, 0) is 60.7 Å². The Labute approximate surface area is 214 Å². The quantitative estimate of drug-likeness (QED) is 0.293. The summed E-state index contributed by atoms with van der Waals surface area (Å²) in [5.41, 5.74) is 1.42. The van der Waals surface area contributed by atoms with Crippen molar-refractivity contribution in [3.63, 3.8) is 0 Å². The molecule has 3 aromatic carbocycles. The molecule has 11 heteroatoms. The molecule has 0 heterocycles. The number of ether oxygens (including phenoxy) is 1. The first-order valence-electron chi connectivity index (χ1n) is 11.5. The molecule has 0 saturated heterocycles. The van der Waals surface area contributed by atoms with Gasteiger partial charge in [0.15, 0.2) is 11.6 Å². The fourth-order valence-corrected chi connectivity index (χ4v) is 3.88. The zero-order chi connectivity index (χ0) is 28.1. The Bertz CT molecular complexity index is 1220. The van der Waals surface area contributed by atoms with Gasteiger partial charge in [-0.25, -0.2) is 4.39 Å². The Morgan fingerprint density at radius 3 is 2.05 bits per heavy atom. The molecule has 2 atom stereocenters. The molecule has 1 amide bonds. The van der Waals surface area contributed by atoms with Crippen molar-refractivity contribution in [3.8, 4) is 5.75 Å². The van der Waals surface area contributed by atoms with Crippen LogP contribution in [0, 0.1) is 12.7 Å². The van der Waals surface area contributed by atoms with Gasteiger partial charge in [0.25, 0.3) is 0 Å². The maximum absolute atomic E-state index is 14.1. The van der Waals surface area contributed by atoms with Crippen molar-refractivity contribution < 1.29 is 40.3 Å². The second-order valence-corrected chi connectivity index (χ2v) is 8.65. The first kappa shape index (κ1) is 29.0. The number of hydrogen-bond acceptors (Lipinski definition) is 3. The van der Waals surface area contributed by atoms with Crippen LogP contribution in [0.25, 0.3) is 0 Å². The third kappa shape index (κ3) is 7.95. The van der Waals surface area contributed by atoms with Crippen LogP contribution in [0.3, 0.4) is 0 Å². The molecular formula is C27H25F7N2O2. The monoisotopic (exact) mass is 542 g/mol. The molecule has 0 aliphatic heterocycles. The van der Waals surface area contributed by atoms with Gasteiger partial charge in [-0.1, -0.05) is 48.0 Å². The number of aryl methyl sites for hydroxylation is 2. The minimum absolute atomic E-state index is 0.155. The third-order valence-corrected chi connectivity index (χ3v) is 5.87. The number of rotatable bonds is 9. The van der Waals surface area contributed by atoms with Gasteiger partial charge in [0.1, 0.15) is 6.04 Å². The SMILES string of the molecule is CNC(=O)C(N[C@H](CCc1ccc(C(F)(F)F)cc1)c1ccc(F)c(OC(F)(F)F)c1)c1ccc(C)cc1. The second kappa shape index (κ2) is 11.8. The minimum atomic E-state index is -5.13. The summed E-state index contributed by atoms with van der Waals surface area (Å²) in [6.07, 6.45) is -9.27. The lowest BCUT2D eigenvalue weighted by atomic mass is 9.95. The molecule has 38 heavy (non-hydrogen) atoms. The molecule has 0 spiro atoms. The zero-order valence-corrected chi connectivity index (χ0v) is 20.4. The average Bonchev–Trinajstić information content (AvgIpc) is 2.85. The maximum Gasteiger partial charge on any atom is 0.573 e. The molecule has 0 aliphatic carbocycles. The lowest BCUT2D eigenvalue weighted by molar-refractivity contribution is -0.275. The van der Waals surface area contributed by atoms with E-state index in [1.807, 2.05) is 6.92 Å². The first-order chi connectivity index (χ1) is 17.8. The maximum atomic E-state index is 14.1. The van der Waals surface area contributed by atoms with E-state index in [-0.39, 0.29) is 18.4 Å². The largest absolute Gasteiger partial charge is 0.573 e. The molecule has 4 nitrogen and oxygen atoms in total. The predicted octanol–water partition coefficient (Wildman–Crippen LogP) is 6.80. The standard InChI is InChI=1S/C27H25F7N2O2/c1-16-3-8-18(9-4-16)24(25(37)35-2)36-22(14-7-17-5-11-20(12-6-17)26(29,30)31)19-10-13-21(28)23(15-19)38-27(32,33)34/h3-6,8-13,15,22,24,36H,7,14H2,1-2H3,(H,35,37)/t22-,24?/m1/s1. The molecule has 3 aromatic rings. The number of likely N-dealkylation sites (N-methyl/N-ethyl adjacent to an activating group) is 1. The van der Waals surface area contributed by atoms with Crippen LogP contribution in [0.5, 0.6) is 5.75 Å². The van der Waals surface area contributed by atoms with Crippen LogP contribution in [0.1, 0.15) is 46.3 Å². The van der Waals surface area contributed by atoms with Gasteiger partial charge >= 0.3 is 12.5 Å². The lowest BCUT2D eigenvalue weighted by Gasteiger charge is -2.26. The summed E-state index contributed by atoms with van der Waals surface area (Å²) in [5.74, 6) is -2.70. The highest BCUT2D eigenvalue weighted by molar-refractivity contribution is 5.83. The van der Waals surface area contributed by atoms with Crippen LogP contribution in [-0.2, 0) is 17.4 Å². The van der Waals surface area contributed by atoms with E-state index in [1.54, 1.807) is 24.3 Å². The van der Waals surface area contributed by atoms with Crippen molar-refractivity contribution in [2.24, 2.45) is 0 Å². The van der Waals surface area contributed by atoms with E-state index in [1.165, 1.54) is 25.2 Å². The number of carbonyl (C=O) groups is 1. The van der Waals surface area contributed by atoms with Crippen LogP contribution >= 0.6 is 0 Å². The zero-order valence-electron chi connectivity index (χ0n) is 20.4. The Morgan fingerprint density at radius 1 is 0.895 bits per heavy atom. The van der Waals surface area contributed by atoms with Gasteiger partial charge in [0.2, 0.25) is 5.91 Å². The minimum Gasteiger partial charge on any atom is -0.403 e. The molecule has 2 N–H and O–H groups in total.